The molecule has 0 saturated carbocycles. The Bertz CT molecular complexity index is 515. The van der Waals surface area contributed by atoms with E-state index in [4.69, 9.17) is 0 Å². The van der Waals surface area contributed by atoms with Crippen LogP contribution in [0.2, 0.25) is 0 Å². The lowest BCUT2D eigenvalue weighted by molar-refractivity contribution is 0.102. The Balaban J connectivity index is 2.14. The first-order valence-corrected chi connectivity index (χ1v) is 4.86. The summed E-state index contributed by atoms with van der Waals surface area (Å²) < 4.78 is 0. The van der Waals surface area contributed by atoms with Crippen LogP contribution in [0, 0.1) is 0 Å². The molecule has 86 valence electrons. The van der Waals surface area contributed by atoms with Gasteiger partial charge in [0.1, 0.15) is 17.8 Å². The fourth-order valence-corrected chi connectivity index (χ4v) is 1.15. The standard InChI is InChI=1S/C10H10N6O/c1-11-9-5-12-4-8(16-9)10(17)15-7-2-13-6-14-3-7/h2-6H,1H3,(H,11,16)(H,15,17). The van der Waals surface area contributed by atoms with Crippen LogP contribution < -0.4 is 10.6 Å². The van der Waals surface area contributed by atoms with Crippen molar-refractivity contribution in [2.45, 2.75) is 0 Å². The minimum absolute atomic E-state index is 0.223. The van der Waals surface area contributed by atoms with Gasteiger partial charge in [0.25, 0.3) is 5.91 Å². The molecule has 0 spiro atoms. The van der Waals surface area contributed by atoms with E-state index in [9.17, 15) is 4.79 Å². The molecule has 1 amide bonds. The fourth-order valence-electron chi connectivity index (χ4n) is 1.15. The van der Waals surface area contributed by atoms with Crippen LogP contribution in [0.4, 0.5) is 11.5 Å². The number of nitrogens with zero attached hydrogens (tertiary/aromatic N) is 4. The number of nitrogens with one attached hydrogen (secondary N) is 2. The van der Waals surface area contributed by atoms with Crippen LogP contribution in [0.15, 0.2) is 31.1 Å². The van der Waals surface area contributed by atoms with Crippen molar-refractivity contribution in [3.63, 3.8) is 0 Å². The molecule has 2 aromatic heterocycles. The van der Waals surface area contributed by atoms with Gasteiger partial charge in [0.05, 0.1) is 30.5 Å². The zero-order valence-corrected chi connectivity index (χ0v) is 9.08. The van der Waals surface area contributed by atoms with Crippen LogP contribution in [-0.4, -0.2) is 32.9 Å². The Morgan fingerprint density at radius 2 is 1.88 bits per heavy atom. The Morgan fingerprint density at radius 3 is 2.59 bits per heavy atom. The van der Waals surface area contributed by atoms with Crippen molar-refractivity contribution in [2.24, 2.45) is 0 Å². The van der Waals surface area contributed by atoms with Crippen molar-refractivity contribution in [2.75, 3.05) is 17.7 Å². The van der Waals surface area contributed by atoms with E-state index in [0.717, 1.165) is 0 Å². The summed E-state index contributed by atoms with van der Waals surface area (Å²) in [5.74, 6) is 0.173. The molecule has 0 saturated heterocycles. The molecule has 2 aromatic rings. The second-order valence-corrected chi connectivity index (χ2v) is 3.12. The number of anilines is 2. The first kappa shape index (κ1) is 10.9. The third kappa shape index (κ3) is 2.71. The van der Waals surface area contributed by atoms with Crippen LogP contribution in [0.3, 0.4) is 0 Å². The summed E-state index contributed by atoms with van der Waals surface area (Å²) in [4.78, 5) is 27.3. The predicted molar refractivity (Wildman–Crippen MR) is 61.6 cm³/mol. The predicted octanol–water partition coefficient (Wildman–Crippen LogP) is 0.561. The highest BCUT2D eigenvalue weighted by molar-refractivity contribution is 6.02. The summed E-state index contributed by atoms with van der Waals surface area (Å²) in [6, 6.07) is 0. The number of aromatic nitrogens is 4. The molecule has 0 aliphatic rings. The highest BCUT2D eigenvalue weighted by atomic mass is 16.1. The van der Waals surface area contributed by atoms with Gasteiger partial charge in [-0.25, -0.2) is 15.0 Å². The topological polar surface area (TPSA) is 92.7 Å². The van der Waals surface area contributed by atoms with Gasteiger partial charge in [-0.15, -0.1) is 0 Å². The number of hydrogen-bond donors (Lipinski definition) is 2. The number of carbonyl (C=O) groups is 1. The lowest BCUT2D eigenvalue weighted by Crippen LogP contribution is -2.15. The van der Waals surface area contributed by atoms with Gasteiger partial charge < -0.3 is 10.6 Å². The maximum absolute atomic E-state index is 11.8. The molecule has 0 fully saturated rings. The molecule has 2 heterocycles. The zero-order chi connectivity index (χ0) is 12.1. The third-order valence-electron chi connectivity index (χ3n) is 1.94. The van der Waals surface area contributed by atoms with E-state index in [0.29, 0.717) is 11.5 Å². The van der Waals surface area contributed by atoms with E-state index < -0.39 is 0 Å². The second kappa shape index (κ2) is 4.97. The smallest absolute Gasteiger partial charge is 0.276 e. The summed E-state index contributed by atoms with van der Waals surface area (Å²) in [7, 11) is 1.71. The SMILES string of the molecule is CNc1cncc(C(=O)Nc2cncnc2)n1. The quantitative estimate of drug-likeness (QED) is 0.800. The van der Waals surface area contributed by atoms with Crippen LogP contribution in [-0.2, 0) is 0 Å². The molecular formula is C10H10N6O. The Hall–Kier alpha value is -2.57. The van der Waals surface area contributed by atoms with Gasteiger partial charge in [-0.3, -0.25) is 9.78 Å². The van der Waals surface area contributed by atoms with E-state index in [1.165, 1.54) is 31.1 Å². The third-order valence-corrected chi connectivity index (χ3v) is 1.94. The van der Waals surface area contributed by atoms with Gasteiger partial charge in [0, 0.05) is 7.05 Å². The molecule has 0 bridgehead atoms. The first-order valence-electron chi connectivity index (χ1n) is 4.86. The van der Waals surface area contributed by atoms with E-state index in [1.807, 2.05) is 0 Å². The van der Waals surface area contributed by atoms with E-state index in [1.54, 1.807) is 7.05 Å². The number of hydrogen-bond acceptors (Lipinski definition) is 6. The van der Waals surface area contributed by atoms with Gasteiger partial charge in [-0.05, 0) is 0 Å². The Morgan fingerprint density at radius 1 is 1.12 bits per heavy atom. The highest BCUT2D eigenvalue weighted by Crippen LogP contribution is 2.05. The van der Waals surface area contributed by atoms with E-state index in [-0.39, 0.29) is 11.6 Å². The maximum Gasteiger partial charge on any atom is 0.276 e. The molecule has 0 unspecified atom stereocenters. The van der Waals surface area contributed by atoms with Crippen molar-refractivity contribution in [3.8, 4) is 0 Å². The van der Waals surface area contributed by atoms with Crippen molar-refractivity contribution in [1.82, 2.24) is 19.9 Å². The molecule has 0 aliphatic carbocycles. The summed E-state index contributed by atoms with van der Waals surface area (Å²) in [5.41, 5.74) is 0.731. The number of carbonyl (C=O) groups excluding carboxylic acids is 1. The van der Waals surface area contributed by atoms with Gasteiger partial charge in [-0.2, -0.15) is 0 Å². The minimum Gasteiger partial charge on any atom is -0.372 e. The van der Waals surface area contributed by atoms with Crippen LogP contribution in [0.5, 0.6) is 0 Å². The monoisotopic (exact) mass is 230 g/mol. The minimum atomic E-state index is -0.357. The molecule has 2 rings (SSSR count). The van der Waals surface area contributed by atoms with E-state index in [2.05, 4.69) is 30.6 Å². The van der Waals surface area contributed by atoms with Crippen LogP contribution in [0.25, 0.3) is 0 Å². The van der Waals surface area contributed by atoms with Crippen molar-refractivity contribution in [1.29, 1.82) is 0 Å². The molecule has 0 radical (unpaired) electrons. The number of amides is 1. The molecule has 0 aliphatic heterocycles. The molecule has 17 heavy (non-hydrogen) atoms. The van der Waals surface area contributed by atoms with Crippen LogP contribution in [0.1, 0.15) is 10.5 Å². The lowest BCUT2D eigenvalue weighted by Gasteiger charge is -2.04. The Labute approximate surface area is 97.4 Å². The summed E-state index contributed by atoms with van der Waals surface area (Å²) in [6.07, 6.45) is 7.31. The van der Waals surface area contributed by atoms with E-state index >= 15 is 0 Å². The first-order chi connectivity index (χ1) is 8.29. The largest absolute Gasteiger partial charge is 0.372 e. The average Bonchev–Trinajstić information content (AvgIpc) is 2.40. The number of rotatable bonds is 3. The molecule has 0 atom stereocenters. The average molecular weight is 230 g/mol. The zero-order valence-electron chi connectivity index (χ0n) is 9.08. The second-order valence-electron chi connectivity index (χ2n) is 3.12. The van der Waals surface area contributed by atoms with Crippen LogP contribution >= 0.6 is 0 Å². The molecule has 2 N–H and O–H groups in total. The van der Waals surface area contributed by atoms with Crippen molar-refractivity contribution in [3.05, 3.63) is 36.8 Å². The molecular weight excluding hydrogens is 220 g/mol. The Kier molecular flexibility index (Phi) is 3.20. The molecule has 7 nitrogen and oxygen atoms in total. The normalized spacial score (nSPS) is 9.71. The molecule has 7 heteroatoms. The van der Waals surface area contributed by atoms with Crippen molar-refractivity contribution >= 4 is 17.4 Å². The highest BCUT2D eigenvalue weighted by Gasteiger charge is 2.08. The lowest BCUT2D eigenvalue weighted by atomic mass is 10.4. The summed E-state index contributed by atoms with van der Waals surface area (Å²) in [5, 5.41) is 5.42. The molecule has 0 aromatic carbocycles. The van der Waals surface area contributed by atoms with Gasteiger partial charge in [0.2, 0.25) is 0 Å². The summed E-state index contributed by atoms with van der Waals surface area (Å²) >= 11 is 0. The van der Waals surface area contributed by atoms with Gasteiger partial charge in [0.15, 0.2) is 0 Å². The summed E-state index contributed by atoms with van der Waals surface area (Å²) in [6.45, 7) is 0. The van der Waals surface area contributed by atoms with Crippen molar-refractivity contribution < 1.29 is 4.79 Å². The fraction of sp³-hybridized carbons (Fsp3) is 0.100. The van der Waals surface area contributed by atoms with Gasteiger partial charge in [-0.1, -0.05) is 0 Å². The maximum atomic E-state index is 11.8. The van der Waals surface area contributed by atoms with Gasteiger partial charge >= 0.3 is 0 Å².